The Labute approximate surface area is 364 Å². The van der Waals surface area contributed by atoms with Gasteiger partial charge in [-0.25, -0.2) is 0 Å². The van der Waals surface area contributed by atoms with Crippen LogP contribution in [0.1, 0.15) is 92.4 Å². The molecular formula is C45H73NO16. The van der Waals surface area contributed by atoms with Crippen LogP contribution in [0, 0.1) is 46.3 Å². The van der Waals surface area contributed by atoms with Gasteiger partial charge in [0.25, 0.3) is 0 Å². The number of aliphatic hydroxyl groups excluding tert-OH is 9. The number of fused-ring (bicyclic) bond motifs is 7. The van der Waals surface area contributed by atoms with Crippen molar-refractivity contribution >= 4 is 0 Å². The van der Waals surface area contributed by atoms with Gasteiger partial charge in [-0.15, -0.1) is 0 Å². The number of ether oxygens (including phenoxy) is 7. The van der Waals surface area contributed by atoms with Gasteiger partial charge in [-0.2, -0.15) is 0 Å². The van der Waals surface area contributed by atoms with E-state index < -0.39 is 105 Å². The zero-order valence-electron chi connectivity index (χ0n) is 36.7. The van der Waals surface area contributed by atoms with Crippen LogP contribution in [0.15, 0.2) is 11.6 Å². The molecule has 0 unspecified atom stereocenters. The van der Waals surface area contributed by atoms with E-state index in [9.17, 15) is 46.0 Å². The van der Waals surface area contributed by atoms with E-state index in [1.807, 2.05) is 0 Å². The number of rotatable bonds is 8. The van der Waals surface area contributed by atoms with Crippen molar-refractivity contribution in [2.24, 2.45) is 46.3 Å². The first-order valence-electron chi connectivity index (χ1n) is 23.5. The number of allylic oxidation sites excluding steroid dienone is 1. The van der Waals surface area contributed by atoms with Gasteiger partial charge in [0.2, 0.25) is 0 Å². The molecule has 26 atom stereocenters. The van der Waals surface area contributed by atoms with Crippen molar-refractivity contribution < 1.29 is 79.1 Å². The van der Waals surface area contributed by atoms with E-state index in [1.54, 1.807) is 0 Å². The van der Waals surface area contributed by atoms with Gasteiger partial charge in [-0.05, 0) is 105 Å². The van der Waals surface area contributed by atoms with E-state index in [0.717, 1.165) is 38.6 Å². The zero-order valence-corrected chi connectivity index (χ0v) is 36.7. The maximum Gasteiger partial charge on any atom is 0.187 e. The minimum absolute atomic E-state index is 0.0233. The zero-order chi connectivity index (χ0) is 44.2. The second-order valence-corrected chi connectivity index (χ2v) is 21.2. The van der Waals surface area contributed by atoms with Crippen molar-refractivity contribution in [1.29, 1.82) is 0 Å². The number of hydrogen-bond acceptors (Lipinski definition) is 17. The molecule has 3 saturated carbocycles. The fourth-order valence-electron chi connectivity index (χ4n) is 14.2. The molecule has 62 heavy (non-hydrogen) atoms. The number of piperidine rings is 1. The Morgan fingerprint density at radius 3 is 2.06 bits per heavy atom. The van der Waals surface area contributed by atoms with Crippen molar-refractivity contribution in [3.8, 4) is 0 Å². The second kappa shape index (κ2) is 17.3. The normalized spacial score (nSPS) is 57.6. The molecule has 9 aliphatic rings. The number of aliphatic hydroxyl groups is 9. The highest BCUT2D eigenvalue weighted by molar-refractivity contribution is 5.26. The van der Waals surface area contributed by atoms with Gasteiger partial charge in [-0.1, -0.05) is 39.3 Å². The Morgan fingerprint density at radius 1 is 0.694 bits per heavy atom. The molecule has 354 valence electrons. The molecule has 0 radical (unpaired) electrons. The molecule has 17 heteroatoms. The van der Waals surface area contributed by atoms with Crippen LogP contribution in [0.25, 0.3) is 0 Å². The third kappa shape index (κ3) is 7.49. The summed E-state index contributed by atoms with van der Waals surface area (Å²) in [5.74, 6) is 3.36. The fourth-order valence-corrected chi connectivity index (χ4v) is 14.2. The lowest BCUT2D eigenvalue weighted by atomic mass is 9.47. The van der Waals surface area contributed by atoms with Gasteiger partial charge in [0.05, 0.1) is 31.5 Å². The standard InChI is InChI=1S/C45H73NO16/c1-19-8-13-45(46-16-19)20(2)30-27(62-45)15-26-24-7-6-22-14-23(9-11-43(22,4)25(24)10-12-44(26,30)5)57-42-39(61-40-35(53)33(51)31(49)21(3)56-40)37(55)38(29(18-48)59-42)60-41-36(54)34(52)32(50)28(17-47)58-41/h6,19-21,23-42,46-55H,7-18H2,1-5H3/t19-,20+,21-,23+,24+,25+,26-,27+,28-,29+,30+,31-,32+,33+,34+,35+,36+,37-,38+,39+,40+,41+,42+,43-,44+,45-/m0/s1. The summed E-state index contributed by atoms with van der Waals surface area (Å²) in [7, 11) is 0. The van der Waals surface area contributed by atoms with Crippen molar-refractivity contribution in [3.05, 3.63) is 11.6 Å². The van der Waals surface area contributed by atoms with Gasteiger partial charge in [0, 0.05) is 12.5 Å². The van der Waals surface area contributed by atoms with Gasteiger partial charge in [0.1, 0.15) is 72.9 Å². The number of hydrogen-bond donors (Lipinski definition) is 10. The minimum Gasteiger partial charge on any atom is -0.394 e. The van der Waals surface area contributed by atoms with Crippen LogP contribution >= 0.6 is 0 Å². The van der Waals surface area contributed by atoms with Gasteiger partial charge >= 0.3 is 0 Å². The largest absolute Gasteiger partial charge is 0.394 e. The molecule has 5 aliphatic heterocycles. The highest BCUT2D eigenvalue weighted by Gasteiger charge is 2.68. The lowest BCUT2D eigenvalue weighted by Crippen LogP contribution is -2.67. The molecule has 0 aromatic carbocycles. The number of nitrogens with one attached hydrogen (secondary N) is 1. The molecule has 4 aliphatic carbocycles. The average molecular weight is 884 g/mol. The smallest absolute Gasteiger partial charge is 0.187 e. The Bertz CT molecular complexity index is 1610. The molecule has 0 aromatic heterocycles. The van der Waals surface area contributed by atoms with Gasteiger partial charge < -0.3 is 79.1 Å². The Morgan fingerprint density at radius 2 is 1.37 bits per heavy atom. The van der Waals surface area contributed by atoms with Crippen LogP contribution in [0.5, 0.6) is 0 Å². The maximum absolute atomic E-state index is 12.0. The molecule has 5 heterocycles. The highest BCUT2D eigenvalue weighted by atomic mass is 16.8. The Kier molecular flexibility index (Phi) is 12.9. The summed E-state index contributed by atoms with van der Waals surface area (Å²) in [4.78, 5) is 0. The van der Waals surface area contributed by atoms with Crippen LogP contribution in [-0.2, 0) is 33.2 Å². The second-order valence-electron chi connectivity index (χ2n) is 21.2. The molecule has 0 bridgehead atoms. The topological polar surface area (TPSA) is 259 Å². The summed E-state index contributed by atoms with van der Waals surface area (Å²) in [6.07, 6.45) is -11.6. The average Bonchev–Trinajstić information content (AvgIpc) is 3.70. The van der Waals surface area contributed by atoms with Crippen LogP contribution in [0.2, 0.25) is 0 Å². The molecule has 8 fully saturated rings. The summed E-state index contributed by atoms with van der Waals surface area (Å²) in [5.41, 5.74) is 1.35. The Hall–Kier alpha value is -0.940. The first kappa shape index (κ1) is 46.2. The maximum atomic E-state index is 12.0. The van der Waals surface area contributed by atoms with Crippen molar-refractivity contribution in [2.75, 3.05) is 19.8 Å². The van der Waals surface area contributed by atoms with Crippen LogP contribution < -0.4 is 5.32 Å². The molecule has 5 saturated heterocycles. The lowest BCUT2D eigenvalue weighted by molar-refractivity contribution is -0.389. The first-order valence-corrected chi connectivity index (χ1v) is 23.5. The predicted molar refractivity (Wildman–Crippen MR) is 216 cm³/mol. The first-order chi connectivity index (χ1) is 29.4. The molecule has 9 rings (SSSR count). The summed E-state index contributed by atoms with van der Waals surface area (Å²) in [6.45, 7) is 10.9. The molecule has 17 nitrogen and oxygen atoms in total. The van der Waals surface area contributed by atoms with Gasteiger partial charge in [0.15, 0.2) is 18.9 Å². The molecule has 0 amide bonds. The minimum atomic E-state index is -1.81. The molecule has 1 spiro atoms. The SMILES string of the molecule is C[C@H]1CC[C@]2(NC1)O[C@@H]1C[C@H]3[C@@H]4CC=C5C[C@H](O[C@@H]6O[C@H](CO)[C@@H](O[C@H]7O[C@@H](CO)[C@@H](O)[C@@H](O)[C@H]7O)[C@H](O)[C@H]6O[C@H]6O[C@@H](C)[C@H](O)[C@@H](O)[C@H]6O)CC[C@]5(C)[C@@H]4CC[C@@]3(C)[C@@H]1[C@H]2C. The van der Waals surface area contributed by atoms with E-state index in [1.165, 1.54) is 25.3 Å². The van der Waals surface area contributed by atoms with Crippen molar-refractivity contribution in [1.82, 2.24) is 5.32 Å². The monoisotopic (exact) mass is 883 g/mol. The van der Waals surface area contributed by atoms with E-state index >= 15 is 0 Å². The van der Waals surface area contributed by atoms with E-state index in [4.69, 9.17) is 33.2 Å². The highest BCUT2D eigenvalue weighted by Crippen LogP contribution is 2.70. The van der Waals surface area contributed by atoms with Crippen LogP contribution in [0.4, 0.5) is 0 Å². The summed E-state index contributed by atoms with van der Waals surface area (Å²) >= 11 is 0. The summed E-state index contributed by atoms with van der Waals surface area (Å²) < 4.78 is 43.5. The summed E-state index contributed by atoms with van der Waals surface area (Å²) in [5, 5.41) is 99.6. The van der Waals surface area contributed by atoms with Crippen LogP contribution in [0.3, 0.4) is 0 Å². The quantitative estimate of drug-likeness (QED) is 0.142. The fraction of sp³-hybridized carbons (Fsp3) is 0.956. The van der Waals surface area contributed by atoms with Gasteiger partial charge in [-0.3, -0.25) is 5.32 Å². The van der Waals surface area contributed by atoms with E-state index in [0.29, 0.717) is 48.3 Å². The van der Waals surface area contributed by atoms with Crippen molar-refractivity contribution in [3.63, 3.8) is 0 Å². The van der Waals surface area contributed by atoms with Crippen molar-refractivity contribution in [2.45, 2.75) is 202 Å². The van der Waals surface area contributed by atoms with E-state index in [2.05, 4.69) is 39.1 Å². The molecule has 10 N–H and O–H groups in total. The summed E-state index contributed by atoms with van der Waals surface area (Å²) in [6, 6.07) is 0. The lowest BCUT2D eigenvalue weighted by Gasteiger charge is -2.59. The third-order valence-corrected chi connectivity index (χ3v) is 17.9. The van der Waals surface area contributed by atoms with Crippen LogP contribution in [-0.4, -0.2) is 176 Å². The van der Waals surface area contributed by atoms with E-state index in [-0.39, 0.29) is 28.8 Å². The molecule has 0 aromatic rings. The Balaban J connectivity index is 0.917. The molecular weight excluding hydrogens is 810 g/mol. The third-order valence-electron chi connectivity index (χ3n) is 17.9. The predicted octanol–water partition coefficient (Wildman–Crippen LogP) is -0.213.